The summed E-state index contributed by atoms with van der Waals surface area (Å²) < 4.78 is 40.0. The van der Waals surface area contributed by atoms with Crippen molar-refractivity contribution in [3.8, 4) is 0 Å². The summed E-state index contributed by atoms with van der Waals surface area (Å²) in [5.74, 6) is 2.45. The van der Waals surface area contributed by atoms with Crippen molar-refractivity contribution < 1.29 is 13.2 Å². The number of hydrogen-bond acceptors (Lipinski definition) is 3. The lowest BCUT2D eigenvalue weighted by Gasteiger charge is -2.13. The third-order valence-electron chi connectivity index (χ3n) is 4.56. The lowest BCUT2D eigenvalue weighted by molar-refractivity contribution is -0.137. The van der Waals surface area contributed by atoms with Crippen LogP contribution in [0.5, 0.6) is 0 Å². The average Bonchev–Trinajstić information content (AvgIpc) is 2.88. The molecule has 10 heteroatoms. The summed E-state index contributed by atoms with van der Waals surface area (Å²) in [7, 11) is 1.65. The van der Waals surface area contributed by atoms with Crippen molar-refractivity contribution in [3.05, 3.63) is 47.0 Å². The highest BCUT2D eigenvalue weighted by Gasteiger charge is 2.29. The number of benzene rings is 1. The molecule has 0 atom stereocenters. The van der Waals surface area contributed by atoms with Gasteiger partial charge < -0.3 is 15.2 Å². The van der Waals surface area contributed by atoms with Crippen LogP contribution in [-0.4, -0.2) is 27.8 Å². The molecule has 0 saturated heterocycles. The van der Waals surface area contributed by atoms with Crippen molar-refractivity contribution in [2.75, 3.05) is 7.05 Å². The molecule has 2 N–H and O–H groups in total. The van der Waals surface area contributed by atoms with Gasteiger partial charge in [0.25, 0.3) is 0 Å². The summed E-state index contributed by atoms with van der Waals surface area (Å²) in [6, 6.07) is 5.08. The number of rotatable bonds is 4. The summed E-state index contributed by atoms with van der Waals surface area (Å²) in [5.41, 5.74) is 0.0866. The van der Waals surface area contributed by atoms with Gasteiger partial charge in [-0.05, 0) is 30.5 Å². The number of fused-ring (bicyclic) bond motifs is 1. The van der Waals surface area contributed by atoms with Gasteiger partial charge in [-0.1, -0.05) is 18.6 Å². The quantitative estimate of drug-likeness (QED) is 0.377. The van der Waals surface area contributed by atoms with E-state index in [0.29, 0.717) is 19.0 Å². The van der Waals surface area contributed by atoms with Crippen molar-refractivity contribution in [2.24, 2.45) is 4.99 Å². The molecule has 0 radical (unpaired) electrons. The van der Waals surface area contributed by atoms with E-state index < -0.39 is 11.7 Å². The summed E-state index contributed by atoms with van der Waals surface area (Å²) in [5, 5.41) is 14.8. The van der Waals surface area contributed by atoms with Gasteiger partial charge >= 0.3 is 6.18 Å². The van der Waals surface area contributed by atoms with Crippen molar-refractivity contribution in [1.82, 2.24) is 25.4 Å². The van der Waals surface area contributed by atoms with Crippen molar-refractivity contribution in [1.29, 1.82) is 0 Å². The van der Waals surface area contributed by atoms with Crippen LogP contribution < -0.4 is 10.6 Å². The highest BCUT2D eigenvalue weighted by Crippen LogP contribution is 2.29. The van der Waals surface area contributed by atoms with Crippen molar-refractivity contribution in [3.63, 3.8) is 0 Å². The normalized spacial score (nSPS) is 14.6. The van der Waals surface area contributed by atoms with E-state index in [4.69, 9.17) is 0 Å². The van der Waals surface area contributed by atoms with Gasteiger partial charge in [-0.15, -0.1) is 34.2 Å². The van der Waals surface area contributed by atoms with Gasteiger partial charge in [0, 0.05) is 26.6 Å². The molecule has 0 bridgehead atoms. The zero-order valence-electron chi connectivity index (χ0n) is 15.6. The number of aryl methyl sites for hydroxylation is 1. The van der Waals surface area contributed by atoms with Crippen LogP contribution in [0.15, 0.2) is 29.3 Å². The number of hydrogen-bond donors (Lipinski definition) is 2. The molecule has 0 amide bonds. The van der Waals surface area contributed by atoms with Crippen LogP contribution in [0, 0.1) is 0 Å². The zero-order chi connectivity index (χ0) is 19.3. The summed E-state index contributed by atoms with van der Waals surface area (Å²) in [6.07, 6.45) is 0.0984. The summed E-state index contributed by atoms with van der Waals surface area (Å²) in [6.45, 7) is 1.78. The molecule has 0 unspecified atom stereocenters. The van der Waals surface area contributed by atoms with Crippen LogP contribution >= 0.6 is 24.0 Å². The first-order valence-corrected chi connectivity index (χ1v) is 8.99. The minimum atomic E-state index is -4.32. The van der Waals surface area contributed by atoms with E-state index in [-0.39, 0.29) is 24.0 Å². The Morgan fingerprint density at radius 1 is 1.07 bits per heavy atom. The second-order valence-corrected chi connectivity index (χ2v) is 6.47. The first-order chi connectivity index (χ1) is 13.0. The van der Waals surface area contributed by atoms with Gasteiger partial charge in [0.2, 0.25) is 0 Å². The van der Waals surface area contributed by atoms with Gasteiger partial charge in [-0.25, -0.2) is 0 Å². The Kier molecular flexibility index (Phi) is 8.08. The Labute approximate surface area is 179 Å². The fourth-order valence-electron chi connectivity index (χ4n) is 3.06. The van der Waals surface area contributed by atoms with Crippen LogP contribution in [-0.2, 0) is 32.2 Å². The van der Waals surface area contributed by atoms with Gasteiger partial charge in [-0.3, -0.25) is 4.99 Å². The molecule has 3 rings (SSSR count). The van der Waals surface area contributed by atoms with Crippen LogP contribution in [0.25, 0.3) is 0 Å². The van der Waals surface area contributed by atoms with E-state index in [1.807, 2.05) is 0 Å². The number of nitrogens with one attached hydrogen (secondary N) is 2. The van der Waals surface area contributed by atoms with E-state index in [1.54, 1.807) is 7.05 Å². The van der Waals surface area contributed by atoms with Gasteiger partial charge in [-0.2, -0.15) is 13.2 Å². The molecule has 0 aliphatic carbocycles. The molecule has 1 aliphatic heterocycles. The maximum atomic E-state index is 12.6. The molecular weight excluding hydrogens is 484 g/mol. The first-order valence-electron chi connectivity index (χ1n) is 8.99. The lowest BCUT2D eigenvalue weighted by Crippen LogP contribution is -2.37. The van der Waals surface area contributed by atoms with E-state index in [0.717, 1.165) is 55.2 Å². The maximum absolute atomic E-state index is 12.6. The predicted octanol–water partition coefficient (Wildman–Crippen LogP) is 3.51. The SMILES string of the molecule is CN=C(NCc1ccc(C(F)(F)F)cc1)NCc1nnc2n1CCCCC2.I. The number of aromatic nitrogens is 3. The zero-order valence-corrected chi connectivity index (χ0v) is 17.9. The van der Waals surface area contributed by atoms with Gasteiger partial charge in [0.1, 0.15) is 5.82 Å². The minimum Gasteiger partial charge on any atom is -0.352 e. The summed E-state index contributed by atoms with van der Waals surface area (Å²) >= 11 is 0. The molecule has 6 nitrogen and oxygen atoms in total. The topological polar surface area (TPSA) is 67.1 Å². The Balaban J connectivity index is 0.00000280. The third-order valence-corrected chi connectivity index (χ3v) is 4.56. The molecule has 2 heterocycles. The molecule has 1 aromatic carbocycles. The van der Waals surface area contributed by atoms with E-state index in [1.165, 1.54) is 18.6 Å². The Morgan fingerprint density at radius 2 is 1.79 bits per heavy atom. The lowest BCUT2D eigenvalue weighted by atomic mass is 10.1. The first kappa shape index (κ1) is 22.4. The fraction of sp³-hybridized carbons (Fsp3) is 0.500. The Hall–Kier alpha value is -1.85. The number of alkyl halides is 3. The van der Waals surface area contributed by atoms with E-state index >= 15 is 0 Å². The number of guanidine groups is 1. The molecule has 1 aliphatic rings. The van der Waals surface area contributed by atoms with E-state index in [2.05, 4.69) is 30.4 Å². The third kappa shape index (κ3) is 5.82. The second kappa shape index (κ2) is 10.1. The number of nitrogens with zero attached hydrogens (tertiary/aromatic N) is 4. The van der Waals surface area contributed by atoms with Crippen LogP contribution in [0.4, 0.5) is 13.2 Å². The maximum Gasteiger partial charge on any atom is 0.416 e. The summed E-state index contributed by atoms with van der Waals surface area (Å²) in [4.78, 5) is 4.15. The van der Waals surface area contributed by atoms with Gasteiger partial charge in [0.15, 0.2) is 11.8 Å². The smallest absolute Gasteiger partial charge is 0.352 e. The largest absolute Gasteiger partial charge is 0.416 e. The molecule has 1 aromatic heterocycles. The van der Waals surface area contributed by atoms with Gasteiger partial charge in [0.05, 0.1) is 12.1 Å². The molecule has 28 heavy (non-hydrogen) atoms. The molecular formula is C18H24F3IN6. The van der Waals surface area contributed by atoms with Crippen molar-refractivity contribution >= 4 is 29.9 Å². The highest BCUT2D eigenvalue weighted by molar-refractivity contribution is 14.0. The van der Waals surface area contributed by atoms with Crippen molar-refractivity contribution in [2.45, 2.75) is 51.5 Å². The minimum absolute atomic E-state index is 0. The number of halogens is 4. The standard InChI is InChI=1S/C18H23F3N6.HI/c1-22-17(23-11-13-6-8-14(9-7-13)18(19,20)21)24-12-16-26-25-15-5-3-2-4-10-27(15)16;/h6-9H,2-5,10-12H2,1H3,(H2,22,23,24);1H. The average molecular weight is 508 g/mol. The molecule has 0 fully saturated rings. The monoisotopic (exact) mass is 508 g/mol. The molecule has 2 aromatic rings. The predicted molar refractivity (Wildman–Crippen MR) is 111 cm³/mol. The van der Waals surface area contributed by atoms with Crippen LogP contribution in [0.1, 0.15) is 42.0 Å². The molecule has 0 spiro atoms. The second-order valence-electron chi connectivity index (χ2n) is 6.47. The molecule has 0 saturated carbocycles. The van der Waals surface area contributed by atoms with Crippen LogP contribution in [0.3, 0.4) is 0 Å². The Morgan fingerprint density at radius 3 is 2.46 bits per heavy atom. The fourth-order valence-corrected chi connectivity index (χ4v) is 3.06. The van der Waals surface area contributed by atoms with E-state index in [9.17, 15) is 13.2 Å². The number of aliphatic imine (C=N–C) groups is 1. The Bertz CT molecular complexity index is 786. The highest BCUT2D eigenvalue weighted by atomic mass is 127. The molecule has 154 valence electrons. The van der Waals surface area contributed by atoms with Crippen LogP contribution in [0.2, 0.25) is 0 Å².